The fourth-order valence-corrected chi connectivity index (χ4v) is 4.34. The third kappa shape index (κ3) is 4.23. The number of imidazole rings is 1. The molecule has 7 nitrogen and oxygen atoms in total. The van der Waals surface area contributed by atoms with Gasteiger partial charge in [0.15, 0.2) is 0 Å². The first-order chi connectivity index (χ1) is 15.5. The van der Waals surface area contributed by atoms with E-state index in [-0.39, 0.29) is 17.9 Å². The van der Waals surface area contributed by atoms with Crippen molar-refractivity contribution < 1.29 is 14.3 Å². The molecule has 0 bridgehead atoms. The number of carbonyl (C=O) groups excluding carboxylic acids is 2. The lowest BCUT2D eigenvalue weighted by atomic mass is 9.99. The predicted molar refractivity (Wildman–Crippen MR) is 122 cm³/mol. The van der Waals surface area contributed by atoms with Crippen LogP contribution in [0.3, 0.4) is 0 Å². The van der Waals surface area contributed by atoms with E-state index in [0.717, 1.165) is 17.0 Å². The number of carbonyl (C=O) groups is 2. The van der Waals surface area contributed by atoms with Gasteiger partial charge in [-0.15, -0.1) is 0 Å². The summed E-state index contributed by atoms with van der Waals surface area (Å²) >= 11 is 0. The Morgan fingerprint density at radius 2 is 1.84 bits per heavy atom. The van der Waals surface area contributed by atoms with E-state index in [9.17, 15) is 9.59 Å². The van der Waals surface area contributed by atoms with Crippen molar-refractivity contribution >= 4 is 11.8 Å². The Morgan fingerprint density at radius 3 is 2.56 bits per heavy atom. The Morgan fingerprint density at radius 1 is 1.09 bits per heavy atom. The third-order valence-corrected chi connectivity index (χ3v) is 6.08. The standard InChI is InChI=1S/C25H28N4O3/c1-18-26-12-13-27(18)16-20-8-4-5-9-21(20)25(31)28-14-15-29(19(2)30)23(17-28)22-10-6-7-11-24(22)32-3/h4-13,23H,14-17H2,1-3H3. The summed E-state index contributed by atoms with van der Waals surface area (Å²) in [4.78, 5) is 33.9. The molecule has 2 amide bonds. The van der Waals surface area contributed by atoms with Gasteiger partial charge in [-0.1, -0.05) is 36.4 Å². The van der Waals surface area contributed by atoms with Crippen LogP contribution in [0.4, 0.5) is 0 Å². The first-order valence-corrected chi connectivity index (χ1v) is 10.7. The molecule has 0 N–H and O–H groups in total. The highest BCUT2D eigenvalue weighted by Crippen LogP contribution is 2.33. The van der Waals surface area contributed by atoms with Crippen LogP contribution in [0.1, 0.15) is 40.3 Å². The quantitative estimate of drug-likeness (QED) is 0.621. The number of aromatic nitrogens is 2. The van der Waals surface area contributed by atoms with Crippen molar-refractivity contribution in [3.63, 3.8) is 0 Å². The van der Waals surface area contributed by atoms with Gasteiger partial charge in [-0.05, 0) is 24.6 Å². The fourth-order valence-electron chi connectivity index (χ4n) is 4.34. The second kappa shape index (κ2) is 9.26. The second-order valence-corrected chi connectivity index (χ2v) is 7.98. The van der Waals surface area contributed by atoms with E-state index in [0.29, 0.717) is 37.5 Å². The molecule has 2 heterocycles. The van der Waals surface area contributed by atoms with Crippen molar-refractivity contribution in [3.8, 4) is 5.75 Å². The van der Waals surface area contributed by atoms with Crippen molar-refractivity contribution in [2.75, 3.05) is 26.7 Å². The van der Waals surface area contributed by atoms with E-state index >= 15 is 0 Å². The molecule has 32 heavy (non-hydrogen) atoms. The Labute approximate surface area is 188 Å². The highest BCUT2D eigenvalue weighted by molar-refractivity contribution is 5.96. The number of nitrogens with zero attached hydrogens (tertiary/aromatic N) is 4. The molecule has 3 aromatic rings. The van der Waals surface area contributed by atoms with Crippen LogP contribution in [0, 0.1) is 6.92 Å². The number of hydrogen-bond acceptors (Lipinski definition) is 4. The van der Waals surface area contributed by atoms with E-state index < -0.39 is 0 Å². The normalized spacial score (nSPS) is 16.2. The molecule has 166 valence electrons. The van der Waals surface area contributed by atoms with Crippen molar-refractivity contribution in [1.29, 1.82) is 0 Å². The molecule has 2 aromatic carbocycles. The number of methoxy groups -OCH3 is 1. The van der Waals surface area contributed by atoms with Gasteiger partial charge >= 0.3 is 0 Å². The number of piperazine rings is 1. The van der Waals surface area contributed by atoms with Crippen molar-refractivity contribution in [2.24, 2.45) is 0 Å². The van der Waals surface area contributed by atoms with Gasteiger partial charge in [-0.25, -0.2) is 4.98 Å². The second-order valence-electron chi connectivity index (χ2n) is 7.98. The van der Waals surface area contributed by atoms with Crippen LogP contribution in [0.2, 0.25) is 0 Å². The first-order valence-electron chi connectivity index (χ1n) is 10.7. The predicted octanol–water partition coefficient (Wildman–Crippen LogP) is 3.29. The zero-order valence-corrected chi connectivity index (χ0v) is 18.7. The number of para-hydroxylation sites is 1. The van der Waals surface area contributed by atoms with Crippen LogP contribution in [0.5, 0.6) is 5.75 Å². The zero-order valence-electron chi connectivity index (χ0n) is 18.7. The molecular formula is C25H28N4O3. The molecule has 1 fully saturated rings. The van der Waals surface area contributed by atoms with E-state index in [1.807, 2.05) is 76.0 Å². The van der Waals surface area contributed by atoms with Crippen molar-refractivity contribution in [3.05, 3.63) is 83.4 Å². The maximum atomic E-state index is 13.6. The Hall–Kier alpha value is -3.61. The summed E-state index contributed by atoms with van der Waals surface area (Å²) in [5.74, 6) is 1.58. The molecule has 0 aliphatic carbocycles. The van der Waals surface area contributed by atoms with Gasteiger partial charge in [0.1, 0.15) is 11.6 Å². The molecule has 0 saturated carbocycles. The summed E-state index contributed by atoms with van der Waals surface area (Å²) in [5.41, 5.74) is 2.53. The average Bonchev–Trinajstić information content (AvgIpc) is 3.22. The molecule has 1 saturated heterocycles. The van der Waals surface area contributed by atoms with Crippen LogP contribution in [-0.4, -0.2) is 57.9 Å². The summed E-state index contributed by atoms with van der Waals surface area (Å²) < 4.78 is 7.57. The van der Waals surface area contributed by atoms with Crippen molar-refractivity contribution in [2.45, 2.75) is 26.4 Å². The molecule has 1 atom stereocenters. The molecule has 1 aliphatic rings. The number of aryl methyl sites for hydroxylation is 1. The van der Waals surface area contributed by atoms with Gasteiger partial charge in [0.25, 0.3) is 5.91 Å². The molecule has 4 rings (SSSR count). The Kier molecular flexibility index (Phi) is 6.25. The number of rotatable bonds is 5. The van der Waals surface area contributed by atoms with E-state index in [1.54, 1.807) is 20.2 Å². The SMILES string of the molecule is COc1ccccc1C1CN(C(=O)c2ccccc2Cn2ccnc2C)CCN1C(C)=O. The number of hydrogen-bond donors (Lipinski definition) is 0. The molecule has 1 aliphatic heterocycles. The summed E-state index contributed by atoms with van der Waals surface area (Å²) in [6.07, 6.45) is 3.68. The van der Waals surface area contributed by atoms with Crippen LogP contribution in [0.25, 0.3) is 0 Å². The van der Waals surface area contributed by atoms with Crippen molar-refractivity contribution in [1.82, 2.24) is 19.4 Å². The monoisotopic (exact) mass is 432 g/mol. The molecule has 1 aromatic heterocycles. The average molecular weight is 433 g/mol. The van der Waals surface area contributed by atoms with E-state index in [4.69, 9.17) is 4.74 Å². The largest absolute Gasteiger partial charge is 0.496 e. The van der Waals surface area contributed by atoms with Crippen LogP contribution in [-0.2, 0) is 11.3 Å². The smallest absolute Gasteiger partial charge is 0.254 e. The lowest BCUT2D eigenvalue weighted by molar-refractivity contribution is -0.133. The Balaban J connectivity index is 1.63. The number of ether oxygens (including phenoxy) is 1. The van der Waals surface area contributed by atoms with Crippen LogP contribution >= 0.6 is 0 Å². The lowest BCUT2D eigenvalue weighted by Gasteiger charge is -2.41. The summed E-state index contributed by atoms with van der Waals surface area (Å²) in [6, 6.07) is 15.1. The highest BCUT2D eigenvalue weighted by atomic mass is 16.5. The van der Waals surface area contributed by atoms with E-state index in [2.05, 4.69) is 4.98 Å². The molecule has 0 radical (unpaired) electrons. The van der Waals surface area contributed by atoms with Crippen LogP contribution < -0.4 is 4.74 Å². The zero-order chi connectivity index (χ0) is 22.7. The number of amides is 2. The van der Waals surface area contributed by atoms with Gasteiger partial charge < -0.3 is 19.1 Å². The topological polar surface area (TPSA) is 67.7 Å². The molecule has 0 spiro atoms. The minimum Gasteiger partial charge on any atom is -0.496 e. The van der Waals surface area contributed by atoms with Gasteiger partial charge in [0.05, 0.1) is 13.2 Å². The minimum atomic E-state index is -0.260. The third-order valence-electron chi connectivity index (χ3n) is 6.08. The van der Waals surface area contributed by atoms with Gasteiger partial charge in [0, 0.05) is 56.6 Å². The lowest BCUT2D eigenvalue weighted by Crippen LogP contribution is -2.52. The summed E-state index contributed by atoms with van der Waals surface area (Å²) in [7, 11) is 1.62. The first kappa shape index (κ1) is 21.6. The van der Waals surface area contributed by atoms with Crippen LogP contribution in [0.15, 0.2) is 60.9 Å². The van der Waals surface area contributed by atoms with Gasteiger partial charge in [0.2, 0.25) is 5.91 Å². The summed E-state index contributed by atoms with van der Waals surface area (Å²) in [5, 5.41) is 0. The Bertz CT molecular complexity index is 1120. The minimum absolute atomic E-state index is 0.0102. The van der Waals surface area contributed by atoms with Gasteiger partial charge in [-0.3, -0.25) is 9.59 Å². The number of benzene rings is 2. The highest BCUT2D eigenvalue weighted by Gasteiger charge is 2.34. The molecule has 7 heteroatoms. The maximum absolute atomic E-state index is 13.6. The molecular weight excluding hydrogens is 404 g/mol. The fraction of sp³-hybridized carbons (Fsp3) is 0.320. The summed E-state index contributed by atoms with van der Waals surface area (Å²) in [6.45, 7) is 5.48. The van der Waals surface area contributed by atoms with E-state index in [1.165, 1.54) is 0 Å². The maximum Gasteiger partial charge on any atom is 0.254 e. The molecule has 1 unspecified atom stereocenters. The van der Waals surface area contributed by atoms with Gasteiger partial charge in [-0.2, -0.15) is 0 Å².